The monoisotopic (exact) mass is 302 g/mol. The number of aromatic amines is 1. The highest BCUT2D eigenvalue weighted by Gasteiger charge is 2.33. The van der Waals surface area contributed by atoms with Gasteiger partial charge in [0, 0.05) is 12.1 Å². The summed E-state index contributed by atoms with van der Waals surface area (Å²) in [6, 6.07) is 9.29. The van der Waals surface area contributed by atoms with Crippen molar-refractivity contribution in [3.63, 3.8) is 0 Å². The van der Waals surface area contributed by atoms with Crippen LogP contribution in [0.3, 0.4) is 0 Å². The van der Waals surface area contributed by atoms with Crippen LogP contribution in [0, 0.1) is 0 Å². The summed E-state index contributed by atoms with van der Waals surface area (Å²) in [5, 5.41) is 9.99. The second kappa shape index (κ2) is 6.69. The molecule has 0 amide bonds. The third-order valence-electron chi connectivity index (χ3n) is 3.63. The molecule has 7 heteroatoms. The quantitative estimate of drug-likeness (QED) is 0.564. The Morgan fingerprint density at radius 2 is 2.23 bits per heavy atom. The van der Waals surface area contributed by atoms with Gasteiger partial charge < -0.3 is 4.74 Å². The Morgan fingerprint density at radius 1 is 1.41 bits per heavy atom. The zero-order valence-electron chi connectivity index (χ0n) is 12.2. The van der Waals surface area contributed by atoms with Crippen molar-refractivity contribution in [3.05, 3.63) is 53.3 Å². The first-order chi connectivity index (χ1) is 10.8. The summed E-state index contributed by atoms with van der Waals surface area (Å²) in [6.45, 7) is 1.01. The highest BCUT2D eigenvalue weighted by atomic mass is 16.6. The number of nitrogens with one attached hydrogen (secondary N) is 3. The summed E-state index contributed by atoms with van der Waals surface area (Å²) < 4.78 is 4.79. The van der Waals surface area contributed by atoms with Crippen molar-refractivity contribution in [1.82, 2.24) is 21.0 Å². The lowest BCUT2D eigenvalue weighted by Gasteiger charge is -2.28. The first-order valence-corrected chi connectivity index (χ1v) is 7.05. The van der Waals surface area contributed by atoms with E-state index in [0.29, 0.717) is 18.8 Å². The number of ether oxygens (including phenoxy) is 1. The van der Waals surface area contributed by atoms with E-state index in [-0.39, 0.29) is 12.0 Å². The molecule has 0 radical (unpaired) electrons. The van der Waals surface area contributed by atoms with Gasteiger partial charge in [0.05, 0.1) is 31.6 Å². The van der Waals surface area contributed by atoms with Gasteiger partial charge in [0.25, 0.3) is 0 Å². The van der Waals surface area contributed by atoms with E-state index in [1.165, 1.54) is 7.11 Å². The highest BCUT2D eigenvalue weighted by molar-refractivity contribution is 5.77. The molecule has 0 saturated heterocycles. The van der Waals surface area contributed by atoms with E-state index >= 15 is 0 Å². The van der Waals surface area contributed by atoms with Crippen molar-refractivity contribution < 1.29 is 14.4 Å². The summed E-state index contributed by atoms with van der Waals surface area (Å²) in [5.41, 5.74) is 5.71. The Labute approximate surface area is 128 Å². The van der Waals surface area contributed by atoms with Crippen molar-refractivity contribution in [2.24, 2.45) is 0 Å². The van der Waals surface area contributed by atoms with Gasteiger partial charge in [-0.2, -0.15) is 10.6 Å². The van der Waals surface area contributed by atoms with Gasteiger partial charge >= 0.3 is 5.97 Å². The van der Waals surface area contributed by atoms with Gasteiger partial charge in [0.2, 0.25) is 0 Å². The summed E-state index contributed by atoms with van der Waals surface area (Å²) in [5.74, 6) is -0.339. The minimum atomic E-state index is -0.519. The topological polar surface area (TPSA) is 88.3 Å². The lowest BCUT2D eigenvalue weighted by Crippen LogP contribution is -2.42. The van der Waals surface area contributed by atoms with Crippen LogP contribution in [0.4, 0.5) is 0 Å². The lowest BCUT2D eigenvalue weighted by molar-refractivity contribution is -0.143. The van der Waals surface area contributed by atoms with Crippen molar-refractivity contribution in [1.29, 1.82) is 0 Å². The first-order valence-electron chi connectivity index (χ1n) is 7.05. The summed E-state index contributed by atoms with van der Waals surface area (Å²) in [4.78, 5) is 17.3. The maximum absolute atomic E-state index is 11.7. The van der Waals surface area contributed by atoms with Gasteiger partial charge in [-0.05, 0) is 5.56 Å². The smallest absolute Gasteiger partial charge is 0.329 e. The van der Waals surface area contributed by atoms with Gasteiger partial charge in [0.1, 0.15) is 6.04 Å². The third-order valence-corrected chi connectivity index (χ3v) is 3.63. The van der Waals surface area contributed by atoms with Crippen molar-refractivity contribution in [2.45, 2.75) is 18.7 Å². The van der Waals surface area contributed by atoms with Crippen molar-refractivity contribution in [3.8, 4) is 0 Å². The van der Waals surface area contributed by atoms with Crippen LogP contribution in [0.15, 0.2) is 36.5 Å². The largest absolute Gasteiger partial charge is 0.468 e. The Bertz CT molecular complexity index is 629. The Balaban J connectivity index is 1.62. The predicted octanol–water partition coefficient (Wildman–Crippen LogP) is 0.989. The molecule has 116 valence electrons. The molecule has 22 heavy (non-hydrogen) atoms. The summed E-state index contributed by atoms with van der Waals surface area (Å²) in [7, 11) is 1.37. The van der Waals surface area contributed by atoms with E-state index in [0.717, 1.165) is 11.1 Å². The third kappa shape index (κ3) is 3.01. The maximum atomic E-state index is 11.7. The van der Waals surface area contributed by atoms with E-state index < -0.39 is 6.04 Å². The fourth-order valence-electron chi connectivity index (χ4n) is 2.49. The van der Waals surface area contributed by atoms with Crippen LogP contribution in [0.25, 0.3) is 0 Å². The molecule has 3 N–H and O–H groups in total. The number of hydroxylamine groups is 1. The molecule has 2 aromatic rings. The second-order valence-corrected chi connectivity index (χ2v) is 5.05. The number of aromatic nitrogens is 2. The van der Waals surface area contributed by atoms with E-state index in [1.54, 1.807) is 6.20 Å². The molecule has 0 bridgehead atoms. The average Bonchev–Trinajstić information content (AvgIpc) is 3.05. The SMILES string of the molecule is COC(=O)C1NCC(NOCc2ccccc2)c2cn[nH]c21. The van der Waals surface area contributed by atoms with Crippen molar-refractivity contribution >= 4 is 5.97 Å². The number of rotatable bonds is 5. The molecule has 0 aliphatic carbocycles. The van der Waals surface area contributed by atoms with Gasteiger partial charge in [0.15, 0.2) is 0 Å². The van der Waals surface area contributed by atoms with Crippen LogP contribution in [-0.2, 0) is 21.0 Å². The molecule has 7 nitrogen and oxygen atoms in total. The average molecular weight is 302 g/mol. The molecule has 1 aliphatic heterocycles. The molecule has 0 fully saturated rings. The van der Waals surface area contributed by atoms with Crippen LogP contribution in [-0.4, -0.2) is 29.8 Å². The standard InChI is InChI=1S/C15H18N4O3/c1-21-15(20)14-13-11(7-17-18-13)12(8-16-14)19-22-9-10-5-3-2-4-6-10/h2-7,12,14,16,19H,8-9H2,1H3,(H,17,18). The summed E-state index contributed by atoms with van der Waals surface area (Å²) >= 11 is 0. The molecule has 2 unspecified atom stereocenters. The van der Waals surface area contributed by atoms with Crippen LogP contribution in [0.5, 0.6) is 0 Å². The number of carbonyl (C=O) groups excluding carboxylic acids is 1. The number of hydrogen-bond acceptors (Lipinski definition) is 6. The van der Waals surface area contributed by atoms with Gasteiger partial charge in [-0.25, -0.2) is 4.79 Å². The number of esters is 1. The van der Waals surface area contributed by atoms with Crippen LogP contribution >= 0.6 is 0 Å². The fourth-order valence-corrected chi connectivity index (χ4v) is 2.49. The lowest BCUT2D eigenvalue weighted by atomic mass is 9.99. The number of benzene rings is 1. The number of fused-ring (bicyclic) bond motifs is 1. The molecule has 3 rings (SSSR count). The molecule has 1 aliphatic rings. The van der Waals surface area contributed by atoms with Crippen LogP contribution in [0.2, 0.25) is 0 Å². The van der Waals surface area contributed by atoms with Crippen LogP contribution < -0.4 is 10.8 Å². The number of hydrogen-bond donors (Lipinski definition) is 3. The Morgan fingerprint density at radius 3 is 3.00 bits per heavy atom. The van der Waals surface area contributed by atoms with Crippen molar-refractivity contribution in [2.75, 3.05) is 13.7 Å². The molecule has 2 atom stereocenters. The zero-order chi connectivity index (χ0) is 15.4. The minimum absolute atomic E-state index is 0.0848. The van der Waals surface area contributed by atoms with Gasteiger partial charge in [-0.3, -0.25) is 15.3 Å². The zero-order valence-corrected chi connectivity index (χ0v) is 12.2. The van der Waals surface area contributed by atoms with Gasteiger partial charge in [-0.1, -0.05) is 30.3 Å². The van der Waals surface area contributed by atoms with E-state index in [9.17, 15) is 4.79 Å². The Hall–Kier alpha value is -2.22. The molecule has 1 aromatic heterocycles. The number of methoxy groups -OCH3 is 1. The van der Waals surface area contributed by atoms with E-state index in [4.69, 9.17) is 9.57 Å². The first kappa shape index (κ1) is 14.7. The Kier molecular flexibility index (Phi) is 4.47. The molecular weight excluding hydrogens is 284 g/mol. The van der Waals surface area contributed by atoms with Crippen LogP contribution in [0.1, 0.15) is 28.9 Å². The molecule has 2 heterocycles. The van der Waals surface area contributed by atoms with E-state index in [1.807, 2.05) is 30.3 Å². The maximum Gasteiger partial charge on any atom is 0.329 e. The predicted molar refractivity (Wildman–Crippen MR) is 78.5 cm³/mol. The van der Waals surface area contributed by atoms with E-state index in [2.05, 4.69) is 21.0 Å². The molecule has 0 saturated carbocycles. The molecular formula is C15H18N4O3. The number of carbonyl (C=O) groups is 1. The molecule has 1 aromatic carbocycles. The van der Waals surface area contributed by atoms with Gasteiger partial charge in [-0.15, -0.1) is 0 Å². The fraction of sp³-hybridized carbons (Fsp3) is 0.333. The number of nitrogens with zero attached hydrogens (tertiary/aromatic N) is 1. The normalized spacial score (nSPS) is 20.4. The number of H-pyrrole nitrogens is 1. The highest BCUT2D eigenvalue weighted by Crippen LogP contribution is 2.27. The molecule has 0 spiro atoms. The summed E-state index contributed by atoms with van der Waals surface area (Å²) in [6.07, 6.45) is 1.70. The second-order valence-electron chi connectivity index (χ2n) is 5.05. The minimum Gasteiger partial charge on any atom is -0.468 e.